The average Bonchev–Trinajstić information content (AvgIpc) is 2.99. The fourth-order valence-electron chi connectivity index (χ4n) is 1.91. The molecule has 21 heavy (non-hydrogen) atoms. The Hall–Kier alpha value is -2.54. The first kappa shape index (κ1) is 13.4. The van der Waals surface area contributed by atoms with Crippen molar-refractivity contribution in [1.29, 1.82) is 0 Å². The number of tetrazole rings is 1. The summed E-state index contributed by atoms with van der Waals surface area (Å²) in [5, 5.41) is 18.5. The molecule has 2 heterocycles. The van der Waals surface area contributed by atoms with Crippen LogP contribution in [-0.2, 0) is 6.54 Å². The van der Waals surface area contributed by atoms with Gasteiger partial charge in [0.2, 0.25) is 5.88 Å². The number of benzene rings is 1. The van der Waals surface area contributed by atoms with Crippen molar-refractivity contribution in [1.82, 2.24) is 30.6 Å². The average molecular weight is 284 g/mol. The summed E-state index contributed by atoms with van der Waals surface area (Å²) in [6.07, 6.45) is 0.905. The first-order valence-electron chi connectivity index (χ1n) is 6.85. The van der Waals surface area contributed by atoms with Crippen LogP contribution in [0.5, 0.6) is 5.88 Å². The van der Waals surface area contributed by atoms with E-state index in [9.17, 15) is 0 Å². The molecule has 0 radical (unpaired) electrons. The van der Waals surface area contributed by atoms with Gasteiger partial charge in [-0.3, -0.25) is 0 Å². The molecule has 0 saturated heterocycles. The normalized spacial score (nSPS) is 10.9. The van der Waals surface area contributed by atoms with E-state index in [1.165, 1.54) is 10.2 Å². The van der Waals surface area contributed by atoms with E-state index in [-0.39, 0.29) is 0 Å². The van der Waals surface area contributed by atoms with Crippen molar-refractivity contribution in [2.24, 2.45) is 0 Å². The van der Waals surface area contributed by atoms with Crippen LogP contribution in [0, 0.1) is 0 Å². The van der Waals surface area contributed by atoms with Crippen molar-refractivity contribution < 1.29 is 4.74 Å². The maximum atomic E-state index is 5.57. The lowest BCUT2D eigenvalue weighted by Gasteiger charge is -2.06. The van der Waals surface area contributed by atoms with Gasteiger partial charge in [0, 0.05) is 12.6 Å². The first-order chi connectivity index (χ1) is 10.4. The highest BCUT2D eigenvalue weighted by atomic mass is 16.5. The van der Waals surface area contributed by atoms with Gasteiger partial charge in [-0.25, -0.2) is 0 Å². The van der Waals surface area contributed by atoms with Crippen LogP contribution in [0.25, 0.3) is 5.65 Å². The molecule has 0 aliphatic rings. The second-order valence-corrected chi connectivity index (χ2v) is 4.56. The van der Waals surface area contributed by atoms with Gasteiger partial charge in [0.1, 0.15) is 0 Å². The second-order valence-electron chi connectivity index (χ2n) is 4.56. The van der Waals surface area contributed by atoms with Crippen molar-refractivity contribution >= 4 is 5.65 Å². The monoisotopic (exact) mass is 284 g/mol. The van der Waals surface area contributed by atoms with E-state index in [4.69, 9.17) is 4.74 Å². The van der Waals surface area contributed by atoms with E-state index >= 15 is 0 Å². The molecule has 1 N–H and O–H groups in total. The summed E-state index contributed by atoms with van der Waals surface area (Å²) in [6, 6.07) is 13.9. The molecule has 3 rings (SSSR count). The minimum absolute atomic E-state index is 0.526. The zero-order valence-electron chi connectivity index (χ0n) is 11.5. The highest BCUT2D eigenvalue weighted by Crippen LogP contribution is 2.06. The zero-order chi connectivity index (χ0) is 14.3. The number of rotatable bonds is 7. The molecule has 0 amide bonds. The third-order valence-corrected chi connectivity index (χ3v) is 2.96. The van der Waals surface area contributed by atoms with Crippen LogP contribution >= 0.6 is 0 Å². The number of hydrogen-bond acceptors (Lipinski definition) is 6. The van der Waals surface area contributed by atoms with Crippen molar-refractivity contribution in [3.8, 4) is 5.88 Å². The molecule has 3 aromatic rings. The molecule has 0 fully saturated rings. The zero-order valence-corrected chi connectivity index (χ0v) is 11.5. The maximum absolute atomic E-state index is 5.57. The van der Waals surface area contributed by atoms with Crippen LogP contribution in [0.4, 0.5) is 0 Å². The number of fused-ring (bicyclic) bond motifs is 1. The van der Waals surface area contributed by atoms with Gasteiger partial charge < -0.3 is 10.1 Å². The van der Waals surface area contributed by atoms with Crippen LogP contribution in [0.3, 0.4) is 0 Å². The largest absolute Gasteiger partial charge is 0.477 e. The Labute approximate surface area is 121 Å². The van der Waals surface area contributed by atoms with Crippen LogP contribution in [0.2, 0.25) is 0 Å². The van der Waals surface area contributed by atoms with E-state index in [0.717, 1.165) is 19.5 Å². The molecule has 0 unspecified atom stereocenters. The highest BCUT2D eigenvalue weighted by molar-refractivity contribution is 5.34. The number of nitrogens with zero attached hydrogens (tertiary/aromatic N) is 5. The fraction of sp³-hybridized carbons (Fsp3) is 0.286. The van der Waals surface area contributed by atoms with Crippen molar-refractivity contribution in [2.75, 3.05) is 13.2 Å². The number of hydrogen-bond donors (Lipinski definition) is 1. The SMILES string of the molecule is c1ccc(CNCCCOc2ccc3nnnn3n2)cc1. The Morgan fingerprint density at radius 3 is 2.90 bits per heavy atom. The van der Waals surface area contributed by atoms with Crippen molar-refractivity contribution in [3.05, 3.63) is 48.0 Å². The van der Waals surface area contributed by atoms with Gasteiger partial charge >= 0.3 is 0 Å². The molecule has 0 aliphatic carbocycles. The molecular formula is C14H16N6O. The summed E-state index contributed by atoms with van der Waals surface area (Å²) in [4.78, 5) is 0. The lowest BCUT2D eigenvalue weighted by molar-refractivity contribution is 0.290. The minimum Gasteiger partial charge on any atom is -0.477 e. The molecule has 0 bridgehead atoms. The topological polar surface area (TPSA) is 77.2 Å². The van der Waals surface area contributed by atoms with E-state index < -0.39 is 0 Å². The predicted octanol–water partition coefficient (Wildman–Crippen LogP) is 1.08. The summed E-state index contributed by atoms with van der Waals surface area (Å²) < 4.78 is 6.92. The molecule has 108 valence electrons. The Morgan fingerprint density at radius 1 is 1.10 bits per heavy atom. The Balaban J connectivity index is 1.36. The predicted molar refractivity (Wildman–Crippen MR) is 76.8 cm³/mol. The summed E-state index contributed by atoms with van der Waals surface area (Å²) in [6.45, 7) is 2.36. The van der Waals surface area contributed by atoms with Crippen LogP contribution in [0.15, 0.2) is 42.5 Å². The van der Waals surface area contributed by atoms with E-state index in [1.54, 1.807) is 12.1 Å². The molecular weight excluding hydrogens is 268 g/mol. The summed E-state index contributed by atoms with van der Waals surface area (Å²) >= 11 is 0. The van der Waals surface area contributed by atoms with E-state index in [0.29, 0.717) is 18.1 Å². The van der Waals surface area contributed by atoms with Crippen molar-refractivity contribution in [3.63, 3.8) is 0 Å². The van der Waals surface area contributed by atoms with Crippen LogP contribution in [0.1, 0.15) is 12.0 Å². The molecule has 7 nitrogen and oxygen atoms in total. The quantitative estimate of drug-likeness (QED) is 0.654. The number of aromatic nitrogens is 5. The standard InChI is InChI=1S/C14H16N6O/c1-2-5-12(6-3-1)11-15-9-4-10-21-14-8-7-13-16-18-19-20(13)17-14/h1-3,5-8,15H,4,9-11H2. The van der Waals surface area contributed by atoms with Crippen LogP contribution < -0.4 is 10.1 Å². The van der Waals surface area contributed by atoms with Gasteiger partial charge in [-0.15, -0.1) is 14.8 Å². The van der Waals surface area contributed by atoms with E-state index in [2.05, 4.69) is 38.1 Å². The van der Waals surface area contributed by atoms with Gasteiger partial charge in [0.15, 0.2) is 5.65 Å². The summed E-state index contributed by atoms with van der Waals surface area (Å²) in [7, 11) is 0. The van der Waals surface area contributed by atoms with E-state index in [1.807, 2.05) is 18.2 Å². The number of ether oxygens (including phenoxy) is 1. The minimum atomic E-state index is 0.526. The second kappa shape index (κ2) is 6.76. The summed E-state index contributed by atoms with van der Waals surface area (Å²) in [5.41, 5.74) is 1.89. The molecule has 0 aliphatic heterocycles. The third kappa shape index (κ3) is 3.73. The molecule has 0 saturated carbocycles. The Bertz CT molecular complexity index is 684. The lowest BCUT2D eigenvalue weighted by Crippen LogP contribution is -2.17. The fourth-order valence-corrected chi connectivity index (χ4v) is 1.91. The van der Waals surface area contributed by atoms with Gasteiger partial charge in [0.05, 0.1) is 6.61 Å². The number of nitrogens with one attached hydrogen (secondary N) is 1. The Morgan fingerprint density at radius 2 is 2.00 bits per heavy atom. The molecule has 0 spiro atoms. The van der Waals surface area contributed by atoms with Crippen molar-refractivity contribution in [2.45, 2.75) is 13.0 Å². The summed E-state index contributed by atoms with van der Waals surface area (Å²) in [5.74, 6) is 0.526. The third-order valence-electron chi connectivity index (χ3n) is 2.96. The van der Waals surface area contributed by atoms with Gasteiger partial charge in [-0.05, 0) is 35.0 Å². The molecule has 7 heteroatoms. The maximum Gasteiger partial charge on any atom is 0.233 e. The van der Waals surface area contributed by atoms with Gasteiger partial charge in [-0.1, -0.05) is 30.3 Å². The highest BCUT2D eigenvalue weighted by Gasteiger charge is 2.01. The smallest absolute Gasteiger partial charge is 0.233 e. The molecule has 1 aromatic carbocycles. The van der Waals surface area contributed by atoms with Gasteiger partial charge in [0.25, 0.3) is 0 Å². The van der Waals surface area contributed by atoms with Crippen LogP contribution in [-0.4, -0.2) is 38.4 Å². The molecule has 2 aromatic heterocycles. The van der Waals surface area contributed by atoms with Gasteiger partial charge in [-0.2, -0.15) is 0 Å². The lowest BCUT2D eigenvalue weighted by atomic mass is 10.2. The molecule has 0 atom stereocenters. The first-order valence-corrected chi connectivity index (χ1v) is 6.85. The Kier molecular flexibility index (Phi) is 4.33.